The SMILES string of the molecule is C1=CCC(CNCc2ccncc2)CC1.O=C(O)C(=O)O. The molecule has 0 saturated carbocycles. The van der Waals surface area contributed by atoms with Gasteiger partial charge in [0.05, 0.1) is 0 Å². The van der Waals surface area contributed by atoms with E-state index in [0.29, 0.717) is 0 Å². The quantitative estimate of drug-likeness (QED) is 0.577. The Balaban J connectivity index is 0.000000315. The number of aromatic nitrogens is 1. The molecule has 0 saturated heterocycles. The number of hydrogen-bond acceptors (Lipinski definition) is 4. The van der Waals surface area contributed by atoms with E-state index in [0.717, 1.165) is 19.0 Å². The summed E-state index contributed by atoms with van der Waals surface area (Å²) >= 11 is 0. The van der Waals surface area contributed by atoms with Gasteiger partial charge in [0.2, 0.25) is 0 Å². The van der Waals surface area contributed by atoms with Crippen molar-refractivity contribution in [3.05, 3.63) is 42.2 Å². The standard InChI is InChI=1S/C13H18N2.C2H2O4/c1-2-4-12(5-3-1)10-15-11-13-6-8-14-9-7-13;3-1(4)2(5)6/h1-2,6-9,12,15H,3-5,10-11H2;(H,3,4)(H,5,6). The lowest BCUT2D eigenvalue weighted by atomic mass is 9.94. The molecule has 1 aromatic heterocycles. The van der Waals surface area contributed by atoms with Crippen LogP contribution in [-0.2, 0) is 16.1 Å². The summed E-state index contributed by atoms with van der Waals surface area (Å²) in [6, 6.07) is 4.13. The minimum absolute atomic E-state index is 0.830. The Morgan fingerprint density at radius 3 is 2.38 bits per heavy atom. The van der Waals surface area contributed by atoms with Gasteiger partial charge in [-0.3, -0.25) is 4.98 Å². The summed E-state index contributed by atoms with van der Waals surface area (Å²) in [5, 5.41) is 18.3. The Hall–Kier alpha value is -2.21. The van der Waals surface area contributed by atoms with E-state index in [1.54, 1.807) is 0 Å². The van der Waals surface area contributed by atoms with Crippen LogP contribution in [0.15, 0.2) is 36.7 Å². The second kappa shape index (κ2) is 9.66. The average Bonchev–Trinajstić information content (AvgIpc) is 2.50. The molecule has 0 radical (unpaired) electrons. The van der Waals surface area contributed by atoms with Gasteiger partial charge < -0.3 is 15.5 Å². The third-order valence-electron chi connectivity index (χ3n) is 3.07. The first kappa shape index (κ1) is 16.8. The lowest BCUT2D eigenvalue weighted by molar-refractivity contribution is -0.159. The molecule has 1 atom stereocenters. The van der Waals surface area contributed by atoms with E-state index in [9.17, 15) is 0 Å². The highest BCUT2D eigenvalue weighted by Crippen LogP contribution is 2.16. The molecule has 0 spiro atoms. The van der Waals surface area contributed by atoms with E-state index in [2.05, 4.69) is 34.6 Å². The molecule has 1 unspecified atom stereocenters. The van der Waals surface area contributed by atoms with Gasteiger partial charge in [0.15, 0.2) is 0 Å². The van der Waals surface area contributed by atoms with Gasteiger partial charge in [-0.25, -0.2) is 9.59 Å². The predicted molar refractivity (Wildman–Crippen MR) is 77.7 cm³/mol. The Kier molecular flexibility index (Phi) is 7.74. The van der Waals surface area contributed by atoms with E-state index < -0.39 is 11.9 Å². The number of aliphatic carboxylic acids is 2. The molecule has 0 fully saturated rings. The Bertz CT molecular complexity index is 462. The van der Waals surface area contributed by atoms with Crippen LogP contribution >= 0.6 is 0 Å². The Morgan fingerprint density at radius 2 is 1.86 bits per heavy atom. The minimum atomic E-state index is -1.82. The van der Waals surface area contributed by atoms with Gasteiger partial charge in [0.1, 0.15) is 0 Å². The van der Waals surface area contributed by atoms with Crippen LogP contribution in [0.25, 0.3) is 0 Å². The molecule has 1 aliphatic carbocycles. The fourth-order valence-corrected chi connectivity index (χ4v) is 1.96. The number of nitrogens with zero attached hydrogens (tertiary/aromatic N) is 1. The topological polar surface area (TPSA) is 99.5 Å². The van der Waals surface area contributed by atoms with E-state index in [4.69, 9.17) is 19.8 Å². The molecule has 0 amide bonds. The van der Waals surface area contributed by atoms with Gasteiger partial charge in [-0.15, -0.1) is 0 Å². The highest BCUT2D eigenvalue weighted by atomic mass is 16.4. The first-order valence-electron chi connectivity index (χ1n) is 6.80. The predicted octanol–water partition coefficient (Wildman–Crippen LogP) is 1.68. The van der Waals surface area contributed by atoms with Crippen LogP contribution < -0.4 is 5.32 Å². The second-order valence-electron chi connectivity index (χ2n) is 4.75. The molecular formula is C15H20N2O4. The summed E-state index contributed by atoms with van der Waals surface area (Å²) in [5.74, 6) is -2.82. The largest absolute Gasteiger partial charge is 0.473 e. The van der Waals surface area contributed by atoms with E-state index in [1.165, 1.54) is 24.8 Å². The summed E-state index contributed by atoms with van der Waals surface area (Å²) in [4.78, 5) is 22.2. The summed E-state index contributed by atoms with van der Waals surface area (Å²) in [7, 11) is 0. The molecule has 1 heterocycles. The Morgan fingerprint density at radius 1 is 1.19 bits per heavy atom. The fourth-order valence-electron chi connectivity index (χ4n) is 1.96. The van der Waals surface area contributed by atoms with Crippen molar-refractivity contribution >= 4 is 11.9 Å². The number of allylic oxidation sites excluding steroid dienone is 2. The zero-order valence-electron chi connectivity index (χ0n) is 11.7. The maximum Gasteiger partial charge on any atom is 0.414 e. The molecule has 6 nitrogen and oxygen atoms in total. The molecule has 6 heteroatoms. The highest BCUT2D eigenvalue weighted by Gasteiger charge is 2.08. The van der Waals surface area contributed by atoms with Gasteiger partial charge in [-0.2, -0.15) is 0 Å². The van der Waals surface area contributed by atoms with Crippen LogP contribution in [0.2, 0.25) is 0 Å². The summed E-state index contributed by atoms with van der Waals surface area (Å²) in [5.41, 5.74) is 1.32. The maximum atomic E-state index is 9.10. The minimum Gasteiger partial charge on any atom is -0.473 e. The molecule has 21 heavy (non-hydrogen) atoms. The van der Waals surface area contributed by atoms with Crippen molar-refractivity contribution in [2.75, 3.05) is 6.54 Å². The third-order valence-corrected chi connectivity index (χ3v) is 3.07. The molecule has 2 rings (SSSR count). The number of rotatable bonds is 4. The van der Waals surface area contributed by atoms with Crippen molar-refractivity contribution in [1.82, 2.24) is 10.3 Å². The van der Waals surface area contributed by atoms with Crippen LogP contribution in [0, 0.1) is 5.92 Å². The molecule has 0 aromatic carbocycles. The van der Waals surface area contributed by atoms with Crippen LogP contribution in [0.1, 0.15) is 24.8 Å². The first-order chi connectivity index (χ1) is 10.1. The monoisotopic (exact) mass is 292 g/mol. The number of carboxylic acid groups (broad SMARTS) is 2. The van der Waals surface area contributed by atoms with E-state index in [1.807, 2.05) is 12.4 Å². The van der Waals surface area contributed by atoms with Crippen LogP contribution in [0.4, 0.5) is 0 Å². The van der Waals surface area contributed by atoms with Gasteiger partial charge in [-0.05, 0) is 49.4 Å². The molecule has 3 N–H and O–H groups in total. The lowest BCUT2D eigenvalue weighted by Gasteiger charge is -2.18. The van der Waals surface area contributed by atoms with Crippen LogP contribution in [-0.4, -0.2) is 33.7 Å². The maximum absolute atomic E-state index is 9.10. The number of pyridine rings is 1. The van der Waals surface area contributed by atoms with Crippen molar-refractivity contribution in [2.24, 2.45) is 5.92 Å². The molecule has 0 aliphatic heterocycles. The molecule has 1 aromatic rings. The first-order valence-corrected chi connectivity index (χ1v) is 6.80. The zero-order valence-corrected chi connectivity index (χ0v) is 11.7. The van der Waals surface area contributed by atoms with Gasteiger partial charge in [-0.1, -0.05) is 12.2 Å². The van der Waals surface area contributed by atoms with Crippen molar-refractivity contribution in [2.45, 2.75) is 25.8 Å². The summed E-state index contributed by atoms with van der Waals surface area (Å²) < 4.78 is 0. The average molecular weight is 292 g/mol. The Labute approximate surface area is 123 Å². The van der Waals surface area contributed by atoms with Crippen molar-refractivity contribution < 1.29 is 19.8 Å². The van der Waals surface area contributed by atoms with Crippen molar-refractivity contribution in [1.29, 1.82) is 0 Å². The van der Waals surface area contributed by atoms with Crippen molar-refractivity contribution in [3.63, 3.8) is 0 Å². The van der Waals surface area contributed by atoms with Crippen LogP contribution in [0.5, 0.6) is 0 Å². The number of nitrogens with one attached hydrogen (secondary N) is 1. The van der Waals surface area contributed by atoms with Gasteiger partial charge in [0.25, 0.3) is 0 Å². The van der Waals surface area contributed by atoms with Gasteiger partial charge >= 0.3 is 11.9 Å². The molecule has 1 aliphatic rings. The van der Waals surface area contributed by atoms with Crippen molar-refractivity contribution in [3.8, 4) is 0 Å². The van der Waals surface area contributed by atoms with Crippen LogP contribution in [0.3, 0.4) is 0 Å². The molecule has 114 valence electrons. The summed E-state index contributed by atoms with van der Waals surface area (Å²) in [6.07, 6.45) is 12.1. The summed E-state index contributed by atoms with van der Waals surface area (Å²) in [6.45, 7) is 2.09. The number of carbonyl (C=O) groups is 2. The zero-order chi connectivity index (χ0) is 15.5. The smallest absolute Gasteiger partial charge is 0.414 e. The second-order valence-corrected chi connectivity index (χ2v) is 4.75. The fraction of sp³-hybridized carbons (Fsp3) is 0.400. The molecule has 0 bridgehead atoms. The highest BCUT2D eigenvalue weighted by molar-refractivity contribution is 6.27. The van der Waals surface area contributed by atoms with E-state index >= 15 is 0 Å². The normalized spacial score (nSPS) is 16.7. The third kappa shape index (κ3) is 7.84. The van der Waals surface area contributed by atoms with Gasteiger partial charge in [0, 0.05) is 18.9 Å². The lowest BCUT2D eigenvalue weighted by Crippen LogP contribution is -2.23. The molecular weight excluding hydrogens is 272 g/mol. The van der Waals surface area contributed by atoms with E-state index in [-0.39, 0.29) is 0 Å². The number of hydrogen-bond donors (Lipinski definition) is 3. The number of carboxylic acids is 2.